The van der Waals surface area contributed by atoms with E-state index in [1.54, 1.807) is 16.7 Å². The summed E-state index contributed by atoms with van der Waals surface area (Å²) in [4.78, 5) is 0. The van der Waals surface area contributed by atoms with Crippen LogP contribution in [0, 0.1) is 23.7 Å². The molecular weight excluding hydrogens is 468 g/mol. The molecule has 0 heteroatoms. The molecule has 0 aliphatic heterocycles. The van der Waals surface area contributed by atoms with Crippen LogP contribution in [0.1, 0.15) is 80.7 Å². The molecule has 6 aliphatic rings. The van der Waals surface area contributed by atoms with Gasteiger partial charge in [0, 0.05) is 10.8 Å². The van der Waals surface area contributed by atoms with Crippen LogP contribution in [0.5, 0.6) is 0 Å². The number of rotatable bonds is 2. The highest BCUT2D eigenvalue weighted by Crippen LogP contribution is 2.70. The van der Waals surface area contributed by atoms with Crippen molar-refractivity contribution in [2.24, 2.45) is 23.7 Å². The highest BCUT2D eigenvalue weighted by Gasteiger charge is 2.61. The molecule has 0 nitrogen and oxygen atoms in total. The van der Waals surface area contributed by atoms with Crippen LogP contribution in [-0.4, -0.2) is 0 Å². The van der Waals surface area contributed by atoms with E-state index < -0.39 is 0 Å². The molecule has 194 valence electrons. The summed E-state index contributed by atoms with van der Waals surface area (Å²) in [7, 11) is 0. The topological polar surface area (TPSA) is 0 Å². The molecule has 0 heterocycles. The van der Waals surface area contributed by atoms with Crippen LogP contribution in [0.15, 0.2) is 78.9 Å². The molecule has 39 heavy (non-hydrogen) atoms. The average Bonchev–Trinajstić information content (AvgIpc) is 3.37. The summed E-state index contributed by atoms with van der Waals surface area (Å²) in [5.74, 6) is 3.58. The minimum atomic E-state index is 0.0182. The summed E-state index contributed by atoms with van der Waals surface area (Å²) in [6, 6.07) is 31.4. The molecule has 4 saturated carbocycles. The number of hydrogen-bond acceptors (Lipinski definition) is 0. The summed E-state index contributed by atoms with van der Waals surface area (Å²) >= 11 is 0. The zero-order valence-electron chi connectivity index (χ0n) is 23.6. The van der Waals surface area contributed by atoms with Crippen LogP contribution in [0.25, 0.3) is 33.4 Å². The SMILES string of the molecule is CCc1ccc2c(c1)C(C)(C)c1cc(-c3cccc4c3-c3ccccc3C43C4CC5CC(C4)CC3C5)ccc1-2. The number of benzene rings is 4. The second-order valence-corrected chi connectivity index (χ2v) is 14.1. The van der Waals surface area contributed by atoms with Gasteiger partial charge in [0.05, 0.1) is 0 Å². The molecule has 0 saturated heterocycles. The average molecular weight is 507 g/mol. The van der Waals surface area contributed by atoms with Gasteiger partial charge in [-0.05, 0) is 129 Å². The van der Waals surface area contributed by atoms with Gasteiger partial charge in [0.15, 0.2) is 0 Å². The van der Waals surface area contributed by atoms with Gasteiger partial charge in [-0.25, -0.2) is 0 Å². The van der Waals surface area contributed by atoms with Crippen molar-refractivity contribution in [3.63, 3.8) is 0 Å². The highest BCUT2D eigenvalue weighted by molar-refractivity contribution is 5.94. The predicted octanol–water partition coefficient (Wildman–Crippen LogP) is 9.94. The second kappa shape index (κ2) is 7.54. The summed E-state index contributed by atoms with van der Waals surface area (Å²) in [5.41, 5.74) is 16.7. The monoisotopic (exact) mass is 506 g/mol. The lowest BCUT2D eigenvalue weighted by molar-refractivity contribution is -0.0399. The van der Waals surface area contributed by atoms with Gasteiger partial charge in [-0.15, -0.1) is 0 Å². The van der Waals surface area contributed by atoms with E-state index in [0.29, 0.717) is 0 Å². The van der Waals surface area contributed by atoms with Gasteiger partial charge in [-0.2, -0.15) is 0 Å². The molecule has 6 aliphatic carbocycles. The Bertz CT molecular complexity index is 1650. The second-order valence-electron chi connectivity index (χ2n) is 14.1. The number of fused-ring (bicyclic) bond motifs is 6. The summed E-state index contributed by atoms with van der Waals surface area (Å²) < 4.78 is 0. The smallest absolute Gasteiger partial charge is 0.0272 e. The van der Waals surface area contributed by atoms with E-state index in [4.69, 9.17) is 0 Å². The normalized spacial score (nSPS) is 29.8. The van der Waals surface area contributed by atoms with Gasteiger partial charge in [0.25, 0.3) is 0 Å². The van der Waals surface area contributed by atoms with E-state index in [1.807, 2.05) is 0 Å². The molecule has 4 aromatic rings. The van der Waals surface area contributed by atoms with Gasteiger partial charge >= 0.3 is 0 Å². The molecule has 0 amide bonds. The first kappa shape index (κ1) is 22.7. The molecule has 4 aromatic carbocycles. The molecule has 0 aromatic heterocycles. The zero-order chi connectivity index (χ0) is 26.1. The Morgan fingerprint density at radius 1 is 0.590 bits per heavy atom. The summed E-state index contributed by atoms with van der Waals surface area (Å²) in [6.07, 6.45) is 8.36. The minimum Gasteiger partial charge on any atom is -0.0619 e. The molecular formula is C39H38. The predicted molar refractivity (Wildman–Crippen MR) is 162 cm³/mol. The van der Waals surface area contributed by atoms with Gasteiger partial charge in [-0.3, -0.25) is 0 Å². The molecule has 0 atom stereocenters. The Balaban J connectivity index is 1.25. The van der Waals surface area contributed by atoms with E-state index >= 15 is 0 Å². The van der Waals surface area contributed by atoms with Gasteiger partial charge in [-0.1, -0.05) is 93.6 Å². The molecule has 1 spiro atoms. The molecule has 4 bridgehead atoms. The first-order valence-electron chi connectivity index (χ1n) is 15.5. The van der Waals surface area contributed by atoms with Crippen LogP contribution in [0.2, 0.25) is 0 Å². The standard InChI is InChI=1S/C39H38/c1-4-23-12-14-30-31-15-13-26(22-36(31)38(2,3)35(30)21-23)29-9-7-11-34-37(29)32-8-5-6-10-33(32)39(34)27-17-24-16-25(19-27)20-28(39)18-24/h5-15,21-22,24-25,27-28H,4,16-20H2,1-3H3. The van der Waals surface area contributed by atoms with Crippen molar-refractivity contribution in [3.05, 3.63) is 107 Å². The van der Waals surface area contributed by atoms with E-state index in [1.165, 1.54) is 76.6 Å². The van der Waals surface area contributed by atoms with E-state index in [0.717, 1.165) is 30.1 Å². The quantitative estimate of drug-likeness (QED) is 0.254. The van der Waals surface area contributed by atoms with Crippen molar-refractivity contribution in [1.82, 2.24) is 0 Å². The summed E-state index contributed by atoms with van der Waals surface area (Å²) in [6.45, 7) is 7.11. The lowest BCUT2D eigenvalue weighted by Crippen LogP contribution is -2.55. The minimum absolute atomic E-state index is 0.0182. The van der Waals surface area contributed by atoms with E-state index in [9.17, 15) is 0 Å². The Hall–Kier alpha value is -3.12. The fourth-order valence-electron chi connectivity index (χ4n) is 10.6. The van der Waals surface area contributed by atoms with Crippen molar-refractivity contribution < 1.29 is 0 Å². The molecule has 0 radical (unpaired) electrons. The number of aryl methyl sites for hydroxylation is 1. The van der Waals surface area contributed by atoms with Crippen molar-refractivity contribution >= 4 is 0 Å². The molecule has 10 rings (SSSR count). The number of hydrogen-bond donors (Lipinski definition) is 0. The molecule has 0 N–H and O–H groups in total. The Morgan fingerprint density at radius 2 is 1.23 bits per heavy atom. The Kier molecular flexibility index (Phi) is 4.38. The van der Waals surface area contributed by atoms with E-state index in [-0.39, 0.29) is 10.8 Å². The maximum Gasteiger partial charge on any atom is 0.0272 e. The van der Waals surface area contributed by atoms with Crippen LogP contribution in [-0.2, 0) is 17.3 Å². The van der Waals surface area contributed by atoms with Gasteiger partial charge < -0.3 is 0 Å². The maximum absolute atomic E-state index is 2.54. The van der Waals surface area contributed by atoms with Crippen molar-refractivity contribution in [1.29, 1.82) is 0 Å². The van der Waals surface area contributed by atoms with Crippen molar-refractivity contribution in [2.45, 2.75) is 70.1 Å². The van der Waals surface area contributed by atoms with Crippen LogP contribution < -0.4 is 0 Å². The largest absolute Gasteiger partial charge is 0.0619 e. The van der Waals surface area contributed by atoms with Gasteiger partial charge in [0.2, 0.25) is 0 Å². The first-order chi connectivity index (χ1) is 19.0. The van der Waals surface area contributed by atoms with Gasteiger partial charge in [0.1, 0.15) is 0 Å². The lowest BCUT2D eigenvalue weighted by Gasteiger charge is -2.61. The summed E-state index contributed by atoms with van der Waals surface area (Å²) in [5, 5.41) is 0. The zero-order valence-corrected chi connectivity index (χ0v) is 23.6. The molecule has 4 fully saturated rings. The van der Waals surface area contributed by atoms with E-state index in [2.05, 4.69) is 99.6 Å². The van der Waals surface area contributed by atoms with Crippen LogP contribution in [0.4, 0.5) is 0 Å². The fraction of sp³-hybridized carbons (Fsp3) is 0.385. The third-order valence-corrected chi connectivity index (χ3v) is 12.0. The van der Waals surface area contributed by atoms with Crippen molar-refractivity contribution in [2.75, 3.05) is 0 Å². The first-order valence-corrected chi connectivity index (χ1v) is 15.5. The van der Waals surface area contributed by atoms with Crippen LogP contribution in [0.3, 0.4) is 0 Å². The maximum atomic E-state index is 2.54. The third kappa shape index (κ3) is 2.71. The molecule has 0 unspecified atom stereocenters. The third-order valence-electron chi connectivity index (χ3n) is 12.0. The van der Waals surface area contributed by atoms with Crippen LogP contribution >= 0.6 is 0 Å². The lowest BCUT2D eigenvalue weighted by atomic mass is 9.43. The highest BCUT2D eigenvalue weighted by atomic mass is 14.6. The Labute approximate surface area is 233 Å². The Morgan fingerprint density at radius 3 is 1.97 bits per heavy atom. The van der Waals surface area contributed by atoms with Crippen molar-refractivity contribution in [3.8, 4) is 33.4 Å². The fourth-order valence-corrected chi connectivity index (χ4v) is 10.6.